The van der Waals surface area contributed by atoms with Crippen LogP contribution in [0.2, 0.25) is 5.02 Å². The number of hydrogen-bond acceptors (Lipinski definition) is 2. The summed E-state index contributed by atoms with van der Waals surface area (Å²) in [4.78, 5) is 0. The van der Waals surface area contributed by atoms with E-state index in [-0.39, 0.29) is 5.69 Å². The standard InChI is InChI=1S/C15H10ClF3N2/c1-9-6-11(16)3-5-14(9)21-12-4-2-10(8-20)13(7-12)15(17,18)19/h2-7,21H,1H3. The molecule has 0 aliphatic heterocycles. The first-order chi connectivity index (χ1) is 9.81. The molecule has 1 N–H and O–H groups in total. The van der Waals surface area contributed by atoms with Gasteiger partial charge in [0, 0.05) is 16.4 Å². The average molecular weight is 311 g/mol. The largest absolute Gasteiger partial charge is 0.417 e. The van der Waals surface area contributed by atoms with Crippen molar-refractivity contribution in [2.24, 2.45) is 0 Å². The molecule has 0 aliphatic carbocycles. The molecular weight excluding hydrogens is 301 g/mol. The van der Waals surface area contributed by atoms with Crippen LogP contribution in [-0.2, 0) is 6.18 Å². The molecular formula is C15H10ClF3N2. The number of anilines is 2. The van der Waals surface area contributed by atoms with Gasteiger partial charge in [0.05, 0.1) is 17.2 Å². The zero-order chi connectivity index (χ0) is 15.6. The lowest BCUT2D eigenvalue weighted by Crippen LogP contribution is -2.08. The van der Waals surface area contributed by atoms with Crippen molar-refractivity contribution in [3.63, 3.8) is 0 Å². The van der Waals surface area contributed by atoms with Crippen LogP contribution in [0.5, 0.6) is 0 Å². The molecule has 0 aromatic heterocycles. The van der Waals surface area contributed by atoms with Crippen molar-refractivity contribution in [2.45, 2.75) is 13.1 Å². The Morgan fingerprint density at radius 2 is 1.86 bits per heavy atom. The number of nitrogens with zero attached hydrogens (tertiary/aromatic N) is 1. The second-order valence-corrected chi connectivity index (χ2v) is 4.89. The van der Waals surface area contributed by atoms with Crippen LogP contribution in [-0.4, -0.2) is 0 Å². The van der Waals surface area contributed by atoms with Crippen molar-refractivity contribution < 1.29 is 13.2 Å². The fraction of sp³-hybridized carbons (Fsp3) is 0.133. The number of nitriles is 1. The summed E-state index contributed by atoms with van der Waals surface area (Å²) < 4.78 is 38.7. The predicted molar refractivity (Wildman–Crippen MR) is 75.6 cm³/mol. The highest BCUT2D eigenvalue weighted by molar-refractivity contribution is 6.30. The second-order valence-electron chi connectivity index (χ2n) is 4.45. The second kappa shape index (κ2) is 5.66. The van der Waals surface area contributed by atoms with Crippen LogP contribution in [0.15, 0.2) is 36.4 Å². The van der Waals surface area contributed by atoms with Crippen LogP contribution in [0.4, 0.5) is 24.5 Å². The SMILES string of the molecule is Cc1cc(Cl)ccc1Nc1ccc(C#N)c(C(F)(F)F)c1. The third-order valence-corrected chi connectivity index (χ3v) is 3.15. The quantitative estimate of drug-likeness (QED) is 0.819. The molecule has 2 rings (SSSR count). The molecule has 6 heteroatoms. The molecule has 2 aromatic carbocycles. The number of hydrogen-bond donors (Lipinski definition) is 1. The predicted octanol–water partition coefficient (Wildman–Crippen LogP) is 5.28. The Hall–Kier alpha value is -2.19. The summed E-state index contributed by atoms with van der Waals surface area (Å²) in [6.45, 7) is 1.79. The maximum atomic E-state index is 12.9. The Kier molecular flexibility index (Phi) is 4.10. The fourth-order valence-electron chi connectivity index (χ4n) is 1.88. The number of benzene rings is 2. The van der Waals surface area contributed by atoms with Crippen molar-refractivity contribution in [3.8, 4) is 6.07 Å². The van der Waals surface area contributed by atoms with Gasteiger partial charge in [0.1, 0.15) is 0 Å². The first-order valence-corrected chi connectivity index (χ1v) is 6.33. The van der Waals surface area contributed by atoms with E-state index >= 15 is 0 Å². The Bertz CT molecular complexity index is 718. The molecule has 21 heavy (non-hydrogen) atoms. The molecule has 0 heterocycles. The molecule has 0 radical (unpaired) electrons. The Morgan fingerprint density at radius 1 is 1.14 bits per heavy atom. The Morgan fingerprint density at radius 3 is 2.43 bits per heavy atom. The zero-order valence-electron chi connectivity index (χ0n) is 10.9. The number of nitrogens with one attached hydrogen (secondary N) is 1. The molecule has 0 unspecified atom stereocenters. The average Bonchev–Trinajstić information content (AvgIpc) is 2.41. The zero-order valence-corrected chi connectivity index (χ0v) is 11.7. The van der Waals surface area contributed by atoms with Crippen molar-refractivity contribution >= 4 is 23.0 Å². The summed E-state index contributed by atoms with van der Waals surface area (Å²) in [5, 5.41) is 12.2. The molecule has 0 bridgehead atoms. The summed E-state index contributed by atoms with van der Waals surface area (Å²) in [6.07, 6.45) is -4.57. The number of halogens is 4. The lowest BCUT2D eigenvalue weighted by Gasteiger charge is -2.13. The topological polar surface area (TPSA) is 35.8 Å². The van der Waals surface area contributed by atoms with Gasteiger partial charge in [0.2, 0.25) is 0 Å². The highest BCUT2D eigenvalue weighted by atomic mass is 35.5. The van der Waals surface area contributed by atoms with E-state index in [1.807, 2.05) is 0 Å². The Labute approximate surface area is 124 Å². The minimum atomic E-state index is -4.57. The molecule has 2 nitrogen and oxygen atoms in total. The molecule has 0 fully saturated rings. The first-order valence-electron chi connectivity index (χ1n) is 5.96. The van der Waals surface area contributed by atoms with Crippen molar-refractivity contribution in [1.82, 2.24) is 0 Å². The third kappa shape index (κ3) is 3.47. The monoisotopic (exact) mass is 310 g/mol. The maximum absolute atomic E-state index is 12.9. The van der Waals surface area contributed by atoms with E-state index in [0.29, 0.717) is 10.7 Å². The lowest BCUT2D eigenvalue weighted by molar-refractivity contribution is -0.137. The first kappa shape index (κ1) is 15.2. The smallest absolute Gasteiger partial charge is 0.355 e. The van der Waals surface area contributed by atoms with Gasteiger partial charge >= 0.3 is 6.18 Å². The molecule has 108 valence electrons. The van der Waals surface area contributed by atoms with Crippen molar-refractivity contribution in [2.75, 3.05) is 5.32 Å². The van der Waals surface area contributed by atoms with Gasteiger partial charge in [-0.15, -0.1) is 0 Å². The van der Waals surface area contributed by atoms with Crippen LogP contribution >= 0.6 is 11.6 Å². The molecule has 0 amide bonds. The van der Waals surface area contributed by atoms with Crippen molar-refractivity contribution in [1.29, 1.82) is 5.26 Å². The van der Waals surface area contributed by atoms with Crippen molar-refractivity contribution in [3.05, 3.63) is 58.1 Å². The summed E-state index contributed by atoms with van der Waals surface area (Å²) in [5.74, 6) is 0. The molecule has 0 spiro atoms. The van der Waals surface area contributed by atoms with E-state index in [9.17, 15) is 13.2 Å². The van der Waals surface area contributed by atoms with Gasteiger partial charge in [0.15, 0.2) is 0 Å². The molecule has 0 saturated carbocycles. The van der Waals surface area contributed by atoms with Gasteiger partial charge < -0.3 is 5.32 Å². The van der Waals surface area contributed by atoms with E-state index < -0.39 is 17.3 Å². The number of aryl methyl sites for hydroxylation is 1. The highest BCUT2D eigenvalue weighted by Gasteiger charge is 2.33. The summed E-state index contributed by atoms with van der Waals surface area (Å²) >= 11 is 5.83. The van der Waals surface area contributed by atoms with E-state index in [2.05, 4.69) is 5.32 Å². The summed E-state index contributed by atoms with van der Waals surface area (Å²) in [6, 6.07) is 10.1. The van der Waals surface area contributed by atoms with Gasteiger partial charge in [-0.05, 0) is 48.9 Å². The minimum Gasteiger partial charge on any atom is -0.355 e. The molecule has 0 atom stereocenters. The van der Waals surface area contributed by atoms with Crippen LogP contribution < -0.4 is 5.32 Å². The van der Waals surface area contributed by atoms with Gasteiger partial charge in [-0.25, -0.2) is 0 Å². The van der Waals surface area contributed by atoms with Gasteiger partial charge in [-0.1, -0.05) is 11.6 Å². The van der Waals surface area contributed by atoms with Crippen LogP contribution in [0.3, 0.4) is 0 Å². The van der Waals surface area contributed by atoms with Crippen LogP contribution in [0.1, 0.15) is 16.7 Å². The van der Waals surface area contributed by atoms with Gasteiger partial charge in [0.25, 0.3) is 0 Å². The molecule has 2 aromatic rings. The summed E-state index contributed by atoms with van der Waals surface area (Å²) in [5.41, 5.74) is 0.354. The number of alkyl halides is 3. The van der Waals surface area contributed by atoms with E-state index in [1.54, 1.807) is 31.2 Å². The molecule has 0 aliphatic rings. The maximum Gasteiger partial charge on any atom is 0.417 e. The third-order valence-electron chi connectivity index (χ3n) is 2.91. The van der Waals surface area contributed by atoms with Crippen LogP contribution in [0.25, 0.3) is 0 Å². The highest BCUT2D eigenvalue weighted by Crippen LogP contribution is 2.34. The normalized spacial score (nSPS) is 11.0. The van der Waals surface area contributed by atoms with E-state index in [0.717, 1.165) is 17.7 Å². The molecule has 0 saturated heterocycles. The fourth-order valence-corrected chi connectivity index (χ4v) is 2.10. The van der Waals surface area contributed by atoms with Gasteiger partial charge in [-0.2, -0.15) is 18.4 Å². The number of rotatable bonds is 2. The van der Waals surface area contributed by atoms with E-state index in [4.69, 9.17) is 16.9 Å². The Balaban J connectivity index is 2.40. The van der Waals surface area contributed by atoms with Gasteiger partial charge in [-0.3, -0.25) is 0 Å². The van der Waals surface area contributed by atoms with Crippen LogP contribution in [0, 0.1) is 18.3 Å². The van der Waals surface area contributed by atoms with E-state index in [1.165, 1.54) is 6.07 Å². The summed E-state index contributed by atoms with van der Waals surface area (Å²) in [7, 11) is 0. The lowest BCUT2D eigenvalue weighted by atomic mass is 10.1. The minimum absolute atomic E-state index is 0.256.